The summed E-state index contributed by atoms with van der Waals surface area (Å²) in [5, 5.41) is 0. The number of nitrogens with zero attached hydrogens (tertiary/aromatic N) is 4. The SMILES string of the molecule is CC(C)c1cccc(C(C)C)c1N1C=CN(c2c(C(C)C)cccc2C(C)C)[CH-]1.C[Si](C)(C)[N-][Si](C)(C)C.C[Si](C)(C)[N-][Si](C)(C)C.[Fe+3]. The summed E-state index contributed by atoms with van der Waals surface area (Å²) in [6.07, 6.45) is 4.43. The maximum absolute atomic E-state index is 4.82. The third kappa shape index (κ3) is 16.9. The van der Waals surface area contributed by atoms with E-state index in [0.717, 1.165) is 0 Å². The summed E-state index contributed by atoms with van der Waals surface area (Å²) in [7, 11) is -4.42. The van der Waals surface area contributed by atoms with Crippen molar-refractivity contribution in [3.05, 3.63) is 87.0 Å². The summed E-state index contributed by atoms with van der Waals surface area (Å²) in [6, 6.07) is 13.5. The molecular weight excluding hydrogens is 693 g/mol. The standard InChI is InChI=1S/C27H37N2.2C6H18NSi2.Fe/c1-18(2)22-11-9-12-23(19(3)4)26(22)28-15-16-29(17-28)27-24(20(5)6)13-10-14-25(27)21(7)8;2*1-8(2,3)7-9(4,5)6;/h9-21H,1-8H3;2*1-6H3;/q3*-1;+3. The van der Waals surface area contributed by atoms with E-state index in [-0.39, 0.29) is 17.1 Å². The van der Waals surface area contributed by atoms with Gasteiger partial charge >= 0.3 is 17.1 Å². The summed E-state index contributed by atoms with van der Waals surface area (Å²) in [5.74, 6) is 1.92. The molecule has 0 amide bonds. The Morgan fingerprint density at radius 1 is 0.438 bits per heavy atom. The minimum absolute atomic E-state index is 0. The summed E-state index contributed by atoms with van der Waals surface area (Å²) in [6.45, 7) is 48.1. The largest absolute Gasteiger partial charge is 3.00 e. The fourth-order valence-electron chi connectivity index (χ4n) is 6.25. The van der Waals surface area contributed by atoms with E-state index >= 15 is 0 Å². The molecule has 0 unspecified atom stereocenters. The van der Waals surface area contributed by atoms with E-state index in [0.29, 0.717) is 23.7 Å². The first-order valence-corrected chi connectivity index (χ1v) is 31.8. The monoisotopic (exact) mass is 765 g/mol. The van der Waals surface area contributed by atoms with Gasteiger partial charge in [0, 0.05) is 11.4 Å². The Morgan fingerprint density at radius 2 is 0.646 bits per heavy atom. The van der Waals surface area contributed by atoms with E-state index in [2.05, 4.69) is 199 Å². The molecule has 48 heavy (non-hydrogen) atoms. The molecule has 0 fully saturated rings. The Kier molecular flexibility index (Phi) is 18.7. The molecule has 3 rings (SSSR count). The van der Waals surface area contributed by atoms with Gasteiger partial charge in [-0.15, -0.1) is 6.67 Å². The molecule has 1 radical (unpaired) electrons. The van der Waals surface area contributed by atoms with Crippen LogP contribution in [0.15, 0.2) is 48.8 Å². The number of hydrogen-bond donors (Lipinski definition) is 0. The summed E-state index contributed by atoms with van der Waals surface area (Å²) < 4.78 is 9.64. The minimum Gasteiger partial charge on any atom is -0.668 e. The van der Waals surface area contributed by atoms with Crippen LogP contribution in [-0.2, 0) is 17.1 Å². The van der Waals surface area contributed by atoms with Crippen molar-refractivity contribution in [3.63, 3.8) is 0 Å². The van der Waals surface area contributed by atoms with Crippen LogP contribution >= 0.6 is 0 Å². The van der Waals surface area contributed by atoms with Gasteiger partial charge in [-0.3, -0.25) is 0 Å². The molecule has 0 saturated heterocycles. The van der Waals surface area contributed by atoms with Crippen LogP contribution in [0.1, 0.15) is 101 Å². The summed E-state index contributed by atoms with van der Waals surface area (Å²) >= 11 is 0. The molecule has 9 heteroatoms. The molecule has 2 aromatic rings. The van der Waals surface area contributed by atoms with Gasteiger partial charge in [-0.25, -0.2) is 0 Å². The second-order valence-electron chi connectivity index (χ2n) is 18.3. The van der Waals surface area contributed by atoms with Crippen molar-refractivity contribution in [2.75, 3.05) is 9.80 Å². The number of para-hydroxylation sites is 2. The Hall–Kier alpha value is -0.913. The molecule has 1 aliphatic rings. The predicted octanol–water partition coefficient (Wildman–Crippen LogP) is 14.2. The first kappa shape index (κ1) is 47.1. The number of hydrogen-bond acceptors (Lipinski definition) is 2. The molecule has 2 aromatic carbocycles. The molecule has 0 saturated carbocycles. The summed E-state index contributed by atoms with van der Waals surface area (Å²) in [4.78, 5) is 4.65. The predicted molar refractivity (Wildman–Crippen MR) is 228 cm³/mol. The fourth-order valence-corrected chi connectivity index (χ4v) is 22.4. The van der Waals surface area contributed by atoms with Crippen LogP contribution in [-0.4, -0.2) is 32.9 Å². The molecule has 273 valence electrons. The van der Waals surface area contributed by atoms with Gasteiger partial charge in [0.2, 0.25) is 0 Å². The van der Waals surface area contributed by atoms with Crippen LogP contribution in [0.3, 0.4) is 0 Å². The number of rotatable bonds is 10. The Balaban J connectivity index is 0.000000960. The van der Waals surface area contributed by atoms with E-state index in [1.165, 1.54) is 33.6 Å². The van der Waals surface area contributed by atoms with Gasteiger partial charge < -0.3 is 19.1 Å². The van der Waals surface area contributed by atoms with Crippen molar-refractivity contribution in [2.24, 2.45) is 0 Å². The van der Waals surface area contributed by atoms with Crippen molar-refractivity contribution < 1.29 is 17.1 Å². The van der Waals surface area contributed by atoms with Crippen LogP contribution in [0.4, 0.5) is 11.4 Å². The molecule has 1 aliphatic heterocycles. The first-order valence-electron chi connectivity index (χ1n) is 18.0. The fraction of sp³-hybridized carbons (Fsp3) is 0.615. The smallest absolute Gasteiger partial charge is 0.668 e. The zero-order valence-electron chi connectivity index (χ0n) is 34.6. The molecule has 4 nitrogen and oxygen atoms in total. The second-order valence-corrected chi connectivity index (χ2v) is 37.5. The number of anilines is 2. The zero-order valence-corrected chi connectivity index (χ0v) is 39.8. The molecular formula is C39H73FeN4Si4. The Morgan fingerprint density at radius 3 is 0.792 bits per heavy atom. The molecule has 0 bridgehead atoms. The van der Waals surface area contributed by atoms with Crippen molar-refractivity contribution in [1.29, 1.82) is 0 Å². The van der Waals surface area contributed by atoms with Gasteiger partial charge in [-0.2, -0.15) is 0 Å². The van der Waals surface area contributed by atoms with Gasteiger partial charge in [-0.05, 0) is 58.3 Å². The second kappa shape index (κ2) is 19.1. The third-order valence-corrected chi connectivity index (χ3v) is 17.9. The Labute approximate surface area is 314 Å². The molecule has 0 spiro atoms. The van der Waals surface area contributed by atoms with Crippen molar-refractivity contribution in [3.8, 4) is 0 Å². The van der Waals surface area contributed by atoms with Crippen LogP contribution in [0.2, 0.25) is 78.6 Å². The third-order valence-electron chi connectivity index (χ3n) is 7.18. The van der Waals surface area contributed by atoms with E-state index in [9.17, 15) is 0 Å². The molecule has 0 aromatic heterocycles. The average molecular weight is 766 g/mol. The van der Waals surface area contributed by atoms with Crippen LogP contribution < -0.4 is 9.80 Å². The van der Waals surface area contributed by atoms with Crippen molar-refractivity contribution >= 4 is 44.3 Å². The summed E-state index contributed by atoms with van der Waals surface area (Å²) in [5.41, 5.74) is 8.29. The van der Waals surface area contributed by atoms with Gasteiger partial charge in [0.1, 0.15) is 0 Å². The molecule has 0 atom stereocenters. The Bertz CT molecular complexity index is 1110. The van der Waals surface area contributed by atoms with Gasteiger partial charge in [0.05, 0.1) is 0 Å². The molecule has 0 aliphatic carbocycles. The van der Waals surface area contributed by atoms with Gasteiger partial charge in [-0.1, -0.05) is 203 Å². The van der Waals surface area contributed by atoms with Crippen LogP contribution in [0.5, 0.6) is 0 Å². The first-order chi connectivity index (χ1) is 21.1. The van der Waals surface area contributed by atoms with E-state index in [1.807, 2.05) is 0 Å². The zero-order chi connectivity index (χ0) is 36.7. The maximum Gasteiger partial charge on any atom is 3.00 e. The van der Waals surface area contributed by atoms with Crippen LogP contribution in [0.25, 0.3) is 9.30 Å². The van der Waals surface area contributed by atoms with Crippen molar-refractivity contribution in [1.82, 2.24) is 0 Å². The average Bonchev–Trinajstić information content (AvgIpc) is 3.33. The molecule has 1 heterocycles. The molecule has 0 N–H and O–H groups in total. The van der Waals surface area contributed by atoms with Gasteiger partial charge in [0.25, 0.3) is 0 Å². The van der Waals surface area contributed by atoms with E-state index < -0.39 is 32.9 Å². The van der Waals surface area contributed by atoms with Crippen molar-refractivity contribution in [2.45, 2.75) is 158 Å². The van der Waals surface area contributed by atoms with E-state index in [1.54, 1.807) is 0 Å². The van der Waals surface area contributed by atoms with E-state index in [4.69, 9.17) is 9.30 Å². The van der Waals surface area contributed by atoms with Gasteiger partial charge in [0.15, 0.2) is 0 Å². The number of benzene rings is 2. The van der Waals surface area contributed by atoms with Crippen LogP contribution in [0, 0.1) is 6.67 Å². The topological polar surface area (TPSA) is 34.7 Å². The minimum atomic E-state index is -1.11. The quantitative estimate of drug-likeness (QED) is 0.178. The normalized spacial score (nSPS) is 13.9. The maximum atomic E-state index is 4.82.